The van der Waals surface area contributed by atoms with E-state index in [1.807, 2.05) is 42.5 Å². The molecule has 0 heterocycles. The molecule has 0 radical (unpaired) electrons. The van der Waals surface area contributed by atoms with Crippen molar-refractivity contribution in [2.45, 2.75) is 31.6 Å². The van der Waals surface area contributed by atoms with E-state index in [4.69, 9.17) is 0 Å². The Morgan fingerprint density at radius 1 is 1.07 bits per heavy atom. The Kier molecular flexibility index (Phi) is 6.16. The molecule has 1 aliphatic carbocycles. The predicted octanol–water partition coefficient (Wildman–Crippen LogP) is 3.30. The minimum atomic E-state index is -3.25. The Balaban J connectivity index is 1.46. The minimum Gasteiger partial charge on any atom is -0.356 e. The van der Waals surface area contributed by atoms with Crippen LogP contribution in [-0.2, 0) is 21.2 Å². The molecule has 3 rings (SSSR count). The number of anilines is 1. The molecule has 2 aromatic rings. The summed E-state index contributed by atoms with van der Waals surface area (Å²) in [5, 5.41) is 3.08. The molecule has 1 fully saturated rings. The zero-order valence-electron chi connectivity index (χ0n) is 15.5. The van der Waals surface area contributed by atoms with Crippen LogP contribution < -0.4 is 10.0 Å². The first-order valence-electron chi connectivity index (χ1n) is 9.32. The average molecular weight is 387 g/mol. The largest absolute Gasteiger partial charge is 0.356 e. The van der Waals surface area contributed by atoms with E-state index in [0.29, 0.717) is 18.2 Å². The van der Waals surface area contributed by atoms with E-state index in [-0.39, 0.29) is 11.8 Å². The second-order valence-corrected chi connectivity index (χ2v) is 8.94. The molecule has 0 saturated heterocycles. The fourth-order valence-electron chi connectivity index (χ4n) is 3.30. The molecule has 144 valence electrons. The van der Waals surface area contributed by atoms with Gasteiger partial charge in [-0.05, 0) is 54.9 Å². The smallest absolute Gasteiger partial charge is 0.229 e. The van der Waals surface area contributed by atoms with Gasteiger partial charge in [0.05, 0.1) is 12.2 Å². The quantitative estimate of drug-likeness (QED) is 0.649. The maximum Gasteiger partial charge on any atom is 0.229 e. The monoisotopic (exact) mass is 386 g/mol. The lowest BCUT2D eigenvalue weighted by Crippen LogP contribution is -2.31. The number of hydrogen-bond acceptors (Lipinski definition) is 3. The molecular formula is C21H26N2O3S. The summed E-state index contributed by atoms with van der Waals surface area (Å²) in [6.45, 7) is 0.637. The topological polar surface area (TPSA) is 75.3 Å². The van der Waals surface area contributed by atoms with Crippen LogP contribution in [-0.4, -0.2) is 27.1 Å². The molecule has 6 heteroatoms. The van der Waals surface area contributed by atoms with Crippen LogP contribution in [0.1, 0.15) is 36.3 Å². The van der Waals surface area contributed by atoms with Crippen LogP contribution in [0, 0.1) is 5.92 Å². The lowest BCUT2D eigenvalue weighted by Gasteiger charge is -2.16. The first-order valence-corrected chi connectivity index (χ1v) is 11.2. The Morgan fingerprint density at radius 2 is 1.74 bits per heavy atom. The van der Waals surface area contributed by atoms with E-state index < -0.39 is 10.0 Å². The summed E-state index contributed by atoms with van der Waals surface area (Å²) in [5.41, 5.74) is 2.78. The second-order valence-electron chi connectivity index (χ2n) is 7.19. The van der Waals surface area contributed by atoms with E-state index >= 15 is 0 Å². The molecule has 1 saturated carbocycles. The molecule has 0 aromatic heterocycles. The van der Waals surface area contributed by atoms with Crippen LogP contribution in [0.3, 0.4) is 0 Å². The molecule has 1 amide bonds. The standard InChI is InChI=1S/C21H26N2O3S/c1-27(25,26)23-19-13-9-16(10-14-19)6-5-15-22-21(24)20(18-11-12-18)17-7-3-2-4-8-17/h2-4,7-10,13-14,18,20,23H,5-6,11-12,15H2,1H3,(H,22,24). The lowest BCUT2D eigenvalue weighted by atomic mass is 9.93. The summed E-state index contributed by atoms with van der Waals surface area (Å²) in [4.78, 5) is 12.6. The second kappa shape index (κ2) is 8.57. The van der Waals surface area contributed by atoms with Crippen molar-refractivity contribution < 1.29 is 13.2 Å². The third-order valence-electron chi connectivity index (χ3n) is 4.73. The van der Waals surface area contributed by atoms with Gasteiger partial charge in [0.2, 0.25) is 15.9 Å². The van der Waals surface area contributed by atoms with E-state index in [2.05, 4.69) is 10.0 Å². The first-order chi connectivity index (χ1) is 12.9. The van der Waals surface area contributed by atoms with Gasteiger partial charge in [-0.3, -0.25) is 9.52 Å². The number of aryl methyl sites for hydroxylation is 1. The molecule has 1 aliphatic rings. The van der Waals surface area contributed by atoms with Crippen molar-refractivity contribution in [2.75, 3.05) is 17.5 Å². The van der Waals surface area contributed by atoms with Crippen molar-refractivity contribution in [3.63, 3.8) is 0 Å². The van der Waals surface area contributed by atoms with Crippen molar-refractivity contribution in [3.8, 4) is 0 Å². The zero-order valence-corrected chi connectivity index (χ0v) is 16.3. The summed E-state index contributed by atoms with van der Waals surface area (Å²) in [7, 11) is -3.25. The molecule has 2 N–H and O–H groups in total. The lowest BCUT2D eigenvalue weighted by molar-refractivity contribution is -0.123. The van der Waals surface area contributed by atoms with Crippen LogP contribution >= 0.6 is 0 Å². The number of rotatable bonds is 9. The number of nitrogens with one attached hydrogen (secondary N) is 2. The highest BCUT2D eigenvalue weighted by Gasteiger charge is 2.36. The molecule has 0 aliphatic heterocycles. The molecule has 2 aromatic carbocycles. The van der Waals surface area contributed by atoms with Gasteiger partial charge in [-0.15, -0.1) is 0 Å². The van der Waals surface area contributed by atoms with E-state index in [1.165, 1.54) is 0 Å². The highest BCUT2D eigenvalue weighted by molar-refractivity contribution is 7.92. The molecule has 0 spiro atoms. The minimum absolute atomic E-state index is 0.0347. The van der Waals surface area contributed by atoms with Gasteiger partial charge in [0.15, 0.2) is 0 Å². The molecule has 27 heavy (non-hydrogen) atoms. The van der Waals surface area contributed by atoms with Crippen molar-refractivity contribution in [1.29, 1.82) is 0 Å². The van der Waals surface area contributed by atoms with E-state index in [9.17, 15) is 13.2 Å². The van der Waals surface area contributed by atoms with Gasteiger partial charge in [-0.1, -0.05) is 42.5 Å². The van der Waals surface area contributed by atoms with Crippen LogP contribution in [0.15, 0.2) is 54.6 Å². The van der Waals surface area contributed by atoms with Crippen molar-refractivity contribution in [2.24, 2.45) is 5.92 Å². The normalized spacial score (nSPS) is 15.1. The Labute approximate surface area is 161 Å². The van der Waals surface area contributed by atoms with Gasteiger partial charge in [-0.2, -0.15) is 0 Å². The number of benzene rings is 2. The number of carbonyl (C=O) groups excluding carboxylic acids is 1. The van der Waals surface area contributed by atoms with Crippen molar-refractivity contribution in [1.82, 2.24) is 5.32 Å². The molecular weight excluding hydrogens is 360 g/mol. The van der Waals surface area contributed by atoms with Crippen molar-refractivity contribution >= 4 is 21.6 Å². The fraction of sp³-hybridized carbons (Fsp3) is 0.381. The average Bonchev–Trinajstić information content (AvgIpc) is 3.45. The summed E-state index contributed by atoms with van der Waals surface area (Å²) in [6, 6.07) is 17.4. The Bertz CT molecular complexity index is 860. The van der Waals surface area contributed by atoms with Gasteiger partial charge in [0.25, 0.3) is 0 Å². The molecule has 5 nitrogen and oxygen atoms in total. The third kappa shape index (κ3) is 6.10. The van der Waals surface area contributed by atoms with Crippen LogP contribution in [0.4, 0.5) is 5.69 Å². The zero-order chi connectivity index (χ0) is 19.3. The van der Waals surface area contributed by atoms with Gasteiger partial charge < -0.3 is 5.32 Å². The number of amides is 1. The summed E-state index contributed by atoms with van der Waals surface area (Å²) in [6.07, 6.45) is 5.06. The van der Waals surface area contributed by atoms with Gasteiger partial charge in [0, 0.05) is 12.2 Å². The number of hydrogen-bond donors (Lipinski definition) is 2. The van der Waals surface area contributed by atoms with Gasteiger partial charge in [-0.25, -0.2) is 8.42 Å². The highest BCUT2D eigenvalue weighted by atomic mass is 32.2. The van der Waals surface area contributed by atoms with E-state index in [1.54, 1.807) is 12.1 Å². The maximum atomic E-state index is 12.6. The van der Waals surface area contributed by atoms with Crippen LogP contribution in [0.5, 0.6) is 0 Å². The highest BCUT2D eigenvalue weighted by Crippen LogP contribution is 2.42. The molecule has 1 unspecified atom stereocenters. The molecule has 1 atom stereocenters. The Morgan fingerprint density at radius 3 is 2.33 bits per heavy atom. The molecule has 0 bridgehead atoms. The maximum absolute atomic E-state index is 12.6. The number of carbonyl (C=O) groups is 1. The predicted molar refractivity (Wildman–Crippen MR) is 108 cm³/mol. The SMILES string of the molecule is CS(=O)(=O)Nc1ccc(CCCNC(=O)C(c2ccccc2)C2CC2)cc1. The summed E-state index contributed by atoms with van der Waals surface area (Å²) in [5.74, 6) is 0.561. The van der Waals surface area contributed by atoms with Crippen molar-refractivity contribution in [3.05, 3.63) is 65.7 Å². The number of sulfonamides is 1. The summed E-state index contributed by atoms with van der Waals surface area (Å²) >= 11 is 0. The van der Waals surface area contributed by atoms with Gasteiger partial charge >= 0.3 is 0 Å². The van der Waals surface area contributed by atoms with Crippen LogP contribution in [0.25, 0.3) is 0 Å². The summed E-state index contributed by atoms with van der Waals surface area (Å²) < 4.78 is 24.9. The van der Waals surface area contributed by atoms with Crippen LogP contribution in [0.2, 0.25) is 0 Å². The Hall–Kier alpha value is -2.34. The fourth-order valence-corrected chi connectivity index (χ4v) is 3.86. The third-order valence-corrected chi connectivity index (χ3v) is 5.34. The van der Waals surface area contributed by atoms with E-state index in [0.717, 1.165) is 43.1 Å². The van der Waals surface area contributed by atoms with Gasteiger partial charge in [0.1, 0.15) is 0 Å². The first kappa shape index (κ1) is 19.4.